The minimum Gasteiger partial charge on any atom is -0.370 e. The van der Waals surface area contributed by atoms with E-state index in [0.29, 0.717) is 0 Å². The quantitative estimate of drug-likeness (QED) is 0.884. The first-order chi connectivity index (χ1) is 9.60. The van der Waals surface area contributed by atoms with Crippen molar-refractivity contribution in [1.82, 2.24) is 0 Å². The van der Waals surface area contributed by atoms with Gasteiger partial charge in [0.2, 0.25) is 0 Å². The van der Waals surface area contributed by atoms with Gasteiger partial charge in [0.05, 0.1) is 0 Å². The molecule has 0 bridgehead atoms. The fraction of sp³-hybridized carbons (Fsp3) is 0.294. The Hall–Kier alpha value is -1.51. The van der Waals surface area contributed by atoms with Crippen LogP contribution in [0.15, 0.2) is 48.5 Å². The normalized spacial score (nSPS) is 12.2. The molecule has 2 N–H and O–H groups in total. The van der Waals surface area contributed by atoms with Gasteiger partial charge in [-0.3, -0.25) is 0 Å². The van der Waals surface area contributed by atoms with Crippen LogP contribution in [0.3, 0.4) is 0 Å². The second kappa shape index (κ2) is 6.78. The van der Waals surface area contributed by atoms with Gasteiger partial charge in [0, 0.05) is 30.3 Å². The zero-order chi connectivity index (χ0) is 14.5. The lowest BCUT2D eigenvalue weighted by molar-refractivity contribution is 0.698. The zero-order valence-electron chi connectivity index (χ0n) is 12.0. The van der Waals surface area contributed by atoms with Crippen LogP contribution in [0, 0.1) is 0 Å². The van der Waals surface area contributed by atoms with Crippen LogP contribution < -0.4 is 10.6 Å². The van der Waals surface area contributed by atoms with Crippen molar-refractivity contribution >= 4 is 17.3 Å². The van der Waals surface area contributed by atoms with Gasteiger partial charge in [-0.25, -0.2) is 0 Å². The molecule has 3 heteroatoms. The van der Waals surface area contributed by atoms with Gasteiger partial charge in [-0.2, -0.15) is 0 Å². The van der Waals surface area contributed by atoms with Crippen molar-refractivity contribution < 1.29 is 0 Å². The van der Waals surface area contributed by atoms with Crippen molar-refractivity contribution in [3.63, 3.8) is 0 Å². The van der Waals surface area contributed by atoms with Crippen LogP contribution in [-0.4, -0.2) is 7.05 Å². The molecule has 2 rings (SSSR count). The highest BCUT2D eigenvalue weighted by atomic mass is 35.5. The van der Waals surface area contributed by atoms with Crippen LogP contribution in [0.2, 0.25) is 5.02 Å². The molecule has 0 fully saturated rings. The summed E-state index contributed by atoms with van der Waals surface area (Å²) in [5.41, 5.74) is 9.60. The van der Waals surface area contributed by atoms with Crippen LogP contribution in [-0.2, 0) is 6.54 Å². The van der Waals surface area contributed by atoms with Gasteiger partial charge in [0.25, 0.3) is 0 Å². The van der Waals surface area contributed by atoms with E-state index in [1.165, 1.54) is 16.8 Å². The summed E-state index contributed by atoms with van der Waals surface area (Å²) in [7, 11) is 2.08. The molecule has 0 radical (unpaired) electrons. The highest BCUT2D eigenvalue weighted by molar-refractivity contribution is 6.30. The van der Waals surface area contributed by atoms with E-state index in [-0.39, 0.29) is 6.04 Å². The van der Waals surface area contributed by atoms with Gasteiger partial charge >= 0.3 is 0 Å². The molecule has 2 aromatic carbocycles. The molecule has 2 aromatic rings. The van der Waals surface area contributed by atoms with Crippen molar-refractivity contribution in [2.24, 2.45) is 5.73 Å². The third-order valence-corrected chi connectivity index (χ3v) is 3.75. The minimum atomic E-state index is 0.127. The standard InChI is InChI=1S/C17H21ClN2/c1-3-17(19)14-7-9-16(10-8-14)20(2)12-13-5-4-6-15(18)11-13/h4-11,17H,3,12,19H2,1-2H3. The summed E-state index contributed by atoms with van der Waals surface area (Å²) < 4.78 is 0. The second-order valence-corrected chi connectivity index (χ2v) is 5.53. The van der Waals surface area contributed by atoms with Gasteiger partial charge in [-0.05, 0) is 41.8 Å². The highest BCUT2D eigenvalue weighted by Crippen LogP contribution is 2.21. The average molecular weight is 289 g/mol. The van der Waals surface area contributed by atoms with Crippen LogP contribution in [0.5, 0.6) is 0 Å². The van der Waals surface area contributed by atoms with Gasteiger partial charge in [0.15, 0.2) is 0 Å². The lowest BCUT2D eigenvalue weighted by atomic mass is 10.1. The molecule has 2 nitrogen and oxygen atoms in total. The number of nitrogens with two attached hydrogens (primary N) is 1. The summed E-state index contributed by atoms with van der Waals surface area (Å²) >= 11 is 6.01. The SMILES string of the molecule is CCC(N)c1ccc(N(C)Cc2cccc(Cl)c2)cc1. The Morgan fingerprint density at radius 2 is 1.85 bits per heavy atom. The maximum Gasteiger partial charge on any atom is 0.0426 e. The summed E-state index contributed by atoms with van der Waals surface area (Å²) in [6.07, 6.45) is 0.956. The summed E-state index contributed by atoms with van der Waals surface area (Å²) in [6.45, 7) is 2.93. The van der Waals surface area contributed by atoms with Gasteiger partial charge < -0.3 is 10.6 Å². The molecular formula is C17H21ClN2. The molecule has 0 saturated heterocycles. The van der Waals surface area contributed by atoms with E-state index in [1.54, 1.807) is 0 Å². The molecule has 20 heavy (non-hydrogen) atoms. The molecule has 1 unspecified atom stereocenters. The number of nitrogens with zero attached hydrogens (tertiary/aromatic N) is 1. The Balaban J connectivity index is 2.07. The van der Waals surface area contributed by atoms with Crippen molar-refractivity contribution in [3.8, 4) is 0 Å². The summed E-state index contributed by atoms with van der Waals surface area (Å²) in [5, 5.41) is 0.778. The third-order valence-electron chi connectivity index (χ3n) is 3.51. The Bertz CT molecular complexity index is 551. The molecule has 0 aliphatic heterocycles. The third kappa shape index (κ3) is 3.75. The average Bonchev–Trinajstić information content (AvgIpc) is 2.46. The molecule has 0 aliphatic rings. The van der Waals surface area contributed by atoms with E-state index in [2.05, 4.69) is 49.2 Å². The topological polar surface area (TPSA) is 29.3 Å². The van der Waals surface area contributed by atoms with E-state index < -0.39 is 0 Å². The van der Waals surface area contributed by atoms with Gasteiger partial charge in [0.1, 0.15) is 0 Å². The molecule has 0 aliphatic carbocycles. The van der Waals surface area contributed by atoms with Crippen LogP contribution >= 0.6 is 11.6 Å². The number of hydrogen-bond donors (Lipinski definition) is 1. The summed E-state index contributed by atoms with van der Waals surface area (Å²) in [4.78, 5) is 2.20. The second-order valence-electron chi connectivity index (χ2n) is 5.09. The van der Waals surface area contributed by atoms with E-state index >= 15 is 0 Å². The maximum atomic E-state index is 6.03. The number of anilines is 1. The number of benzene rings is 2. The number of hydrogen-bond acceptors (Lipinski definition) is 2. The van der Waals surface area contributed by atoms with E-state index in [4.69, 9.17) is 17.3 Å². The Labute approximate surface area is 126 Å². The summed E-state index contributed by atoms with van der Waals surface area (Å²) in [6, 6.07) is 16.5. The van der Waals surface area contributed by atoms with Crippen LogP contribution in [0.1, 0.15) is 30.5 Å². The van der Waals surface area contributed by atoms with Crippen molar-refractivity contribution in [3.05, 3.63) is 64.7 Å². The van der Waals surface area contributed by atoms with Crippen molar-refractivity contribution in [1.29, 1.82) is 0 Å². The monoisotopic (exact) mass is 288 g/mol. The first-order valence-corrected chi connectivity index (χ1v) is 7.29. The Morgan fingerprint density at radius 1 is 1.15 bits per heavy atom. The molecule has 106 valence electrons. The molecule has 0 aromatic heterocycles. The molecular weight excluding hydrogens is 268 g/mol. The smallest absolute Gasteiger partial charge is 0.0426 e. The summed E-state index contributed by atoms with van der Waals surface area (Å²) in [5.74, 6) is 0. The van der Waals surface area contributed by atoms with Gasteiger partial charge in [-0.15, -0.1) is 0 Å². The van der Waals surface area contributed by atoms with Crippen molar-refractivity contribution in [2.45, 2.75) is 25.9 Å². The lowest BCUT2D eigenvalue weighted by Gasteiger charge is -2.20. The Morgan fingerprint density at radius 3 is 2.45 bits per heavy atom. The van der Waals surface area contributed by atoms with Crippen LogP contribution in [0.4, 0.5) is 5.69 Å². The van der Waals surface area contributed by atoms with Crippen molar-refractivity contribution in [2.75, 3.05) is 11.9 Å². The van der Waals surface area contributed by atoms with E-state index in [1.807, 2.05) is 18.2 Å². The first kappa shape index (κ1) is 14.9. The van der Waals surface area contributed by atoms with Gasteiger partial charge in [-0.1, -0.05) is 42.8 Å². The minimum absolute atomic E-state index is 0.127. The first-order valence-electron chi connectivity index (χ1n) is 6.91. The predicted molar refractivity (Wildman–Crippen MR) is 87.2 cm³/mol. The molecule has 1 atom stereocenters. The number of halogens is 1. The molecule has 0 spiro atoms. The predicted octanol–water partition coefficient (Wildman–Crippen LogP) is 4.39. The van der Waals surface area contributed by atoms with E-state index in [9.17, 15) is 0 Å². The fourth-order valence-corrected chi connectivity index (χ4v) is 2.43. The maximum absolute atomic E-state index is 6.03. The molecule has 0 heterocycles. The Kier molecular flexibility index (Phi) is 5.05. The largest absolute Gasteiger partial charge is 0.370 e. The lowest BCUT2D eigenvalue weighted by Crippen LogP contribution is -2.16. The van der Waals surface area contributed by atoms with Crippen LogP contribution in [0.25, 0.3) is 0 Å². The fourth-order valence-electron chi connectivity index (χ4n) is 2.21. The highest BCUT2D eigenvalue weighted by Gasteiger charge is 2.06. The molecule has 0 saturated carbocycles. The number of rotatable bonds is 5. The van der Waals surface area contributed by atoms with E-state index in [0.717, 1.165) is 18.0 Å². The zero-order valence-corrected chi connectivity index (χ0v) is 12.8. The molecule has 0 amide bonds.